The smallest absolute Gasteiger partial charge is 0.325 e. The van der Waals surface area contributed by atoms with Crippen LogP contribution in [0.4, 0.5) is 0 Å². The van der Waals surface area contributed by atoms with Crippen molar-refractivity contribution in [2.24, 2.45) is 11.7 Å². The van der Waals surface area contributed by atoms with Gasteiger partial charge in [0.2, 0.25) is 5.91 Å². The minimum absolute atomic E-state index is 0.0534. The van der Waals surface area contributed by atoms with Gasteiger partial charge >= 0.3 is 5.97 Å². The van der Waals surface area contributed by atoms with Crippen LogP contribution in [-0.2, 0) is 14.3 Å². The van der Waals surface area contributed by atoms with Gasteiger partial charge in [0, 0.05) is 0 Å². The number of ether oxygens (including phenoxy) is 1. The highest BCUT2D eigenvalue weighted by atomic mass is 16.5. The molecule has 5 nitrogen and oxygen atoms in total. The fourth-order valence-electron chi connectivity index (χ4n) is 0.652. The van der Waals surface area contributed by atoms with E-state index < -0.39 is 12.0 Å². The van der Waals surface area contributed by atoms with Crippen LogP contribution in [0.1, 0.15) is 41.5 Å². The van der Waals surface area contributed by atoms with E-state index in [0.717, 1.165) is 0 Å². The lowest BCUT2D eigenvalue weighted by Gasteiger charge is -2.14. The van der Waals surface area contributed by atoms with Crippen molar-refractivity contribution in [1.82, 2.24) is 5.32 Å². The molecule has 1 amide bonds. The maximum absolute atomic E-state index is 11.2. The second-order valence-electron chi connectivity index (χ2n) is 3.06. The Morgan fingerprint density at radius 2 is 1.59 bits per heavy atom. The number of rotatable bonds is 4. The normalized spacial score (nSPS) is 10.2. The minimum Gasteiger partial charge on any atom is -0.468 e. The van der Waals surface area contributed by atoms with Crippen LogP contribution in [-0.4, -0.2) is 31.6 Å². The number of esters is 1. The van der Waals surface area contributed by atoms with E-state index in [0.29, 0.717) is 0 Å². The Morgan fingerprint density at radius 3 is 1.88 bits per heavy atom. The maximum atomic E-state index is 11.2. The van der Waals surface area contributed by atoms with E-state index in [2.05, 4.69) is 10.1 Å². The number of carbonyl (C=O) groups is 2. The van der Waals surface area contributed by atoms with Crippen molar-refractivity contribution in [2.45, 2.75) is 47.6 Å². The van der Waals surface area contributed by atoms with E-state index in [1.165, 1.54) is 7.11 Å². The van der Waals surface area contributed by atoms with Gasteiger partial charge in [-0.15, -0.1) is 0 Å². The highest BCUT2D eigenvalue weighted by Gasteiger charge is 2.17. The molecule has 0 aliphatic carbocycles. The van der Waals surface area contributed by atoms with Crippen LogP contribution in [0.25, 0.3) is 0 Å². The number of amides is 1. The Morgan fingerprint density at radius 1 is 1.18 bits per heavy atom. The van der Waals surface area contributed by atoms with Crippen LogP contribution in [0.2, 0.25) is 0 Å². The van der Waals surface area contributed by atoms with Crippen molar-refractivity contribution in [3.05, 3.63) is 0 Å². The zero-order valence-electron chi connectivity index (χ0n) is 12.2. The highest BCUT2D eigenvalue weighted by Crippen LogP contribution is 1.97. The summed E-state index contributed by atoms with van der Waals surface area (Å²) < 4.78 is 4.35. The lowest BCUT2D eigenvalue weighted by atomic mass is 10.1. The van der Waals surface area contributed by atoms with E-state index >= 15 is 0 Å². The third-order valence-electron chi connectivity index (χ3n) is 1.66. The van der Waals surface area contributed by atoms with Gasteiger partial charge in [0.25, 0.3) is 0 Å². The van der Waals surface area contributed by atoms with E-state index in [1.807, 2.05) is 41.5 Å². The van der Waals surface area contributed by atoms with Gasteiger partial charge in [-0.25, -0.2) is 0 Å². The number of methoxy groups -OCH3 is 1. The molecule has 104 valence electrons. The summed E-state index contributed by atoms with van der Waals surface area (Å²) >= 11 is 0. The topological polar surface area (TPSA) is 81.4 Å². The van der Waals surface area contributed by atoms with Crippen LogP contribution in [0.5, 0.6) is 0 Å². The van der Waals surface area contributed by atoms with Gasteiger partial charge in [0.05, 0.1) is 13.2 Å². The Bertz CT molecular complexity index is 194. The van der Waals surface area contributed by atoms with Crippen molar-refractivity contribution in [3.63, 3.8) is 0 Å². The van der Waals surface area contributed by atoms with Gasteiger partial charge in [-0.1, -0.05) is 41.5 Å². The van der Waals surface area contributed by atoms with E-state index in [4.69, 9.17) is 5.73 Å². The number of nitrogens with two attached hydrogens (primary N) is 1. The molecule has 0 fully saturated rings. The first-order chi connectivity index (χ1) is 7.99. The molecular formula is C12H28N2O3. The summed E-state index contributed by atoms with van der Waals surface area (Å²) in [5, 5.41) is 2.38. The lowest BCUT2D eigenvalue weighted by Crippen LogP contribution is -2.45. The molecule has 5 heteroatoms. The van der Waals surface area contributed by atoms with E-state index in [1.54, 1.807) is 0 Å². The molecule has 0 bridgehead atoms. The first kappa shape index (κ1) is 21.2. The SMILES string of the molecule is CC.CC.COC(=O)CNC(=O)C(N)C(C)C. The minimum atomic E-state index is -0.579. The molecule has 0 aromatic rings. The van der Waals surface area contributed by atoms with Gasteiger partial charge in [-0.3, -0.25) is 9.59 Å². The van der Waals surface area contributed by atoms with Crippen molar-refractivity contribution in [3.8, 4) is 0 Å². The molecule has 0 heterocycles. The molecule has 0 saturated carbocycles. The molecule has 0 aromatic carbocycles. The van der Waals surface area contributed by atoms with Gasteiger partial charge in [-0.2, -0.15) is 0 Å². The molecular weight excluding hydrogens is 220 g/mol. The molecule has 3 N–H and O–H groups in total. The maximum Gasteiger partial charge on any atom is 0.325 e. The van der Waals surface area contributed by atoms with Crippen molar-refractivity contribution in [1.29, 1.82) is 0 Å². The zero-order valence-corrected chi connectivity index (χ0v) is 12.2. The summed E-state index contributed by atoms with van der Waals surface area (Å²) in [6.45, 7) is 11.5. The monoisotopic (exact) mass is 248 g/mol. The summed E-state index contributed by atoms with van der Waals surface area (Å²) in [5.41, 5.74) is 5.52. The Kier molecular flexibility index (Phi) is 18.6. The molecule has 0 saturated heterocycles. The summed E-state index contributed by atoms with van der Waals surface area (Å²) in [5.74, 6) is -0.762. The van der Waals surface area contributed by atoms with Crippen LogP contribution in [0.15, 0.2) is 0 Å². The summed E-state index contributed by atoms with van der Waals surface area (Å²) in [6, 6.07) is -0.579. The second-order valence-corrected chi connectivity index (χ2v) is 3.06. The number of hydrogen-bond donors (Lipinski definition) is 2. The van der Waals surface area contributed by atoms with E-state index in [-0.39, 0.29) is 18.4 Å². The molecule has 0 aromatic heterocycles. The average Bonchev–Trinajstić information content (AvgIpc) is 2.38. The van der Waals surface area contributed by atoms with Crippen LogP contribution >= 0.6 is 0 Å². The third kappa shape index (κ3) is 12.8. The zero-order chi connectivity index (χ0) is 14.4. The van der Waals surface area contributed by atoms with Crippen LogP contribution in [0, 0.1) is 5.92 Å². The Labute approximate surface area is 105 Å². The molecule has 0 radical (unpaired) electrons. The highest BCUT2D eigenvalue weighted by molar-refractivity contribution is 5.85. The predicted octanol–water partition coefficient (Wildman–Crippen LogP) is 1.31. The molecule has 0 aliphatic rings. The van der Waals surface area contributed by atoms with Crippen LogP contribution in [0.3, 0.4) is 0 Å². The van der Waals surface area contributed by atoms with Gasteiger partial charge in [0.1, 0.15) is 6.54 Å². The van der Waals surface area contributed by atoms with Crippen molar-refractivity contribution >= 4 is 11.9 Å². The van der Waals surface area contributed by atoms with Crippen molar-refractivity contribution < 1.29 is 14.3 Å². The largest absolute Gasteiger partial charge is 0.468 e. The van der Waals surface area contributed by atoms with Crippen molar-refractivity contribution in [2.75, 3.05) is 13.7 Å². The molecule has 0 aliphatic heterocycles. The first-order valence-corrected chi connectivity index (χ1v) is 6.09. The Balaban J connectivity index is -0.000000439. The molecule has 17 heavy (non-hydrogen) atoms. The predicted molar refractivity (Wildman–Crippen MR) is 70.5 cm³/mol. The quantitative estimate of drug-likeness (QED) is 0.735. The molecule has 0 rings (SSSR count). The van der Waals surface area contributed by atoms with Gasteiger partial charge in [-0.05, 0) is 5.92 Å². The van der Waals surface area contributed by atoms with E-state index in [9.17, 15) is 9.59 Å². The van der Waals surface area contributed by atoms with Gasteiger partial charge in [0.15, 0.2) is 0 Å². The first-order valence-electron chi connectivity index (χ1n) is 6.09. The summed E-state index contributed by atoms with van der Waals surface area (Å²) in [6.07, 6.45) is 0. The molecule has 1 unspecified atom stereocenters. The third-order valence-corrected chi connectivity index (χ3v) is 1.66. The summed E-state index contributed by atoms with van der Waals surface area (Å²) in [7, 11) is 1.26. The van der Waals surface area contributed by atoms with Crippen LogP contribution < -0.4 is 11.1 Å². The number of nitrogens with one attached hydrogen (secondary N) is 1. The Hall–Kier alpha value is -1.10. The van der Waals surface area contributed by atoms with Gasteiger partial charge < -0.3 is 15.8 Å². The fourth-order valence-corrected chi connectivity index (χ4v) is 0.652. The molecule has 1 atom stereocenters. The number of hydrogen-bond acceptors (Lipinski definition) is 4. The second kappa shape index (κ2) is 14.9. The fraction of sp³-hybridized carbons (Fsp3) is 0.833. The standard InChI is InChI=1S/C8H16N2O3.2C2H6/c1-5(2)7(9)8(12)10-4-6(11)13-3;2*1-2/h5,7H,4,9H2,1-3H3,(H,10,12);2*1-2H3. The molecule has 0 spiro atoms. The number of carbonyl (C=O) groups excluding carboxylic acids is 2. The lowest BCUT2D eigenvalue weighted by molar-refractivity contribution is -0.141. The average molecular weight is 248 g/mol. The summed E-state index contributed by atoms with van der Waals surface area (Å²) in [4.78, 5) is 21.8.